The van der Waals surface area contributed by atoms with Gasteiger partial charge < -0.3 is 19.7 Å². The molecule has 2 N–H and O–H groups in total. The van der Waals surface area contributed by atoms with Gasteiger partial charge in [0, 0.05) is 36.7 Å². The number of ether oxygens (including phenoxy) is 1. The third-order valence-electron chi connectivity index (χ3n) is 6.98. The van der Waals surface area contributed by atoms with Crippen LogP contribution in [0.2, 0.25) is 0 Å². The van der Waals surface area contributed by atoms with E-state index in [0.717, 1.165) is 57.9 Å². The number of aliphatic hydroxyl groups is 1. The molecule has 0 aliphatic heterocycles. The monoisotopic (exact) mass is 482 g/mol. The van der Waals surface area contributed by atoms with Crippen molar-refractivity contribution in [1.29, 1.82) is 5.26 Å². The van der Waals surface area contributed by atoms with Gasteiger partial charge in [0.05, 0.1) is 24.8 Å². The number of allylic oxidation sites excluding steroid dienone is 1. The number of hydrogen-bond acceptors (Lipinski definition) is 7. The summed E-state index contributed by atoms with van der Waals surface area (Å²) >= 11 is 0. The first-order valence-electron chi connectivity index (χ1n) is 12.2. The van der Waals surface area contributed by atoms with Crippen LogP contribution in [-0.4, -0.2) is 44.6 Å². The number of methoxy groups -OCH3 is 1. The molecule has 36 heavy (non-hydrogen) atoms. The number of aromatic nitrogens is 4. The fourth-order valence-corrected chi connectivity index (χ4v) is 4.98. The average molecular weight is 483 g/mol. The van der Waals surface area contributed by atoms with Crippen LogP contribution in [0.15, 0.2) is 59.6 Å². The summed E-state index contributed by atoms with van der Waals surface area (Å²) in [4.78, 5) is 4.92. The molecule has 0 saturated heterocycles. The van der Waals surface area contributed by atoms with E-state index in [9.17, 15) is 10.4 Å². The maximum atomic E-state index is 10.4. The van der Waals surface area contributed by atoms with Crippen LogP contribution in [0, 0.1) is 17.2 Å². The molecule has 184 valence electrons. The fourth-order valence-electron chi connectivity index (χ4n) is 4.98. The standard InChI is InChI=1S/C28H30N6O2/c1-16-25(36-4)11-21(27(16)17(2)35)14-30-26-12-20(10-24(32-26)19-6-7-19)22-8-5-18(13-29)9-23(22)28-33-31-15-34(28)3/h5,8-12,15-17,19,35H,6-7,14H2,1-4H3,(H,30,32)/t16?,17-/m1/s1. The Balaban J connectivity index is 1.54. The molecule has 3 aromatic rings. The van der Waals surface area contributed by atoms with Crippen molar-refractivity contribution >= 4 is 5.82 Å². The molecule has 2 atom stereocenters. The van der Waals surface area contributed by atoms with Crippen LogP contribution in [0.4, 0.5) is 5.82 Å². The van der Waals surface area contributed by atoms with E-state index in [1.807, 2.05) is 48.9 Å². The van der Waals surface area contributed by atoms with E-state index in [0.29, 0.717) is 23.9 Å². The van der Waals surface area contributed by atoms with E-state index < -0.39 is 6.10 Å². The van der Waals surface area contributed by atoms with Gasteiger partial charge in [-0.1, -0.05) is 13.0 Å². The summed E-state index contributed by atoms with van der Waals surface area (Å²) in [6.45, 7) is 4.37. The molecule has 2 aliphatic rings. The molecule has 0 radical (unpaired) electrons. The van der Waals surface area contributed by atoms with Gasteiger partial charge in [0.25, 0.3) is 0 Å². The van der Waals surface area contributed by atoms with E-state index >= 15 is 0 Å². The number of nitrogens with zero attached hydrogens (tertiary/aromatic N) is 5. The Morgan fingerprint density at radius 1 is 1.25 bits per heavy atom. The average Bonchev–Trinajstić information content (AvgIpc) is 3.56. The van der Waals surface area contributed by atoms with Crippen molar-refractivity contribution in [3.05, 3.63) is 70.9 Å². The number of aliphatic hydroxyl groups excluding tert-OH is 1. The van der Waals surface area contributed by atoms with Gasteiger partial charge in [0.2, 0.25) is 0 Å². The summed E-state index contributed by atoms with van der Waals surface area (Å²) in [6, 6.07) is 12.1. The molecule has 5 rings (SSSR count). The molecule has 1 fully saturated rings. The topological polar surface area (TPSA) is 109 Å². The Kier molecular flexibility index (Phi) is 6.33. The third kappa shape index (κ3) is 4.50. The predicted octanol–water partition coefficient (Wildman–Crippen LogP) is 4.56. The molecule has 2 aromatic heterocycles. The van der Waals surface area contributed by atoms with Gasteiger partial charge in [-0.15, -0.1) is 10.2 Å². The molecule has 1 unspecified atom stereocenters. The lowest BCUT2D eigenvalue weighted by atomic mass is 9.96. The Labute approximate surface area is 211 Å². The highest BCUT2D eigenvalue weighted by molar-refractivity contribution is 5.83. The lowest BCUT2D eigenvalue weighted by molar-refractivity contribution is 0.205. The quantitative estimate of drug-likeness (QED) is 0.484. The highest BCUT2D eigenvalue weighted by Crippen LogP contribution is 2.42. The van der Waals surface area contributed by atoms with E-state index in [1.54, 1.807) is 20.4 Å². The highest BCUT2D eigenvalue weighted by atomic mass is 16.5. The molecule has 1 saturated carbocycles. The highest BCUT2D eigenvalue weighted by Gasteiger charge is 2.29. The van der Waals surface area contributed by atoms with Crippen molar-refractivity contribution in [2.24, 2.45) is 13.0 Å². The molecule has 2 heterocycles. The molecule has 8 nitrogen and oxygen atoms in total. The van der Waals surface area contributed by atoms with Gasteiger partial charge in [-0.3, -0.25) is 0 Å². The SMILES string of the molecule is COC1=CC(CNc2cc(-c3ccc(C#N)cc3-c3nncn3C)cc(C3CC3)n2)=C([C@@H](C)O)C1C. The summed E-state index contributed by atoms with van der Waals surface area (Å²) in [6.07, 6.45) is 5.38. The number of nitrogens with one attached hydrogen (secondary N) is 1. The second-order valence-corrected chi connectivity index (χ2v) is 9.56. The third-order valence-corrected chi connectivity index (χ3v) is 6.98. The number of hydrogen-bond donors (Lipinski definition) is 2. The molecule has 0 spiro atoms. The van der Waals surface area contributed by atoms with Crippen LogP contribution in [0.1, 0.15) is 43.9 Å². The lowest BCUT2D eigenvalue weighted by Gasteiger charge is -2.18. The number of rotatable bonds is 8. The first-order valence-corrected chi connectivity index (χ1v) is 12.2. The van der Waals surface area contributed by atoms with Crippen LogP contribution in [0.25, 0.3) is 22.5 Å². The van der Waals surface area contributed by atoms with Crippen molar-refractivity contribution in [3.63, 3.8) is 0 Å². The van der Waals surface area contributed by atoms with Crippen molar-refractivity contribution in [2.45, 2.75) is 38.7 Å². The van der Waals surface area contributed by atoms with E-state index in [1.165, 1.54) is 0 Å². The first kappa shape index (κ1) is 23.8. The lowest BCUT2D eigenvalue weighted by Crippen LogP contribution is -2.16. The van der Waals surface area contributed by atoms with Crippen molar-refractivity contribution in [3.8, 4) is 28.6 Å². The fraction of sp³-hybridized carbons (Fsp3) is 0.357. The first-order chi connectivity index (χ1) is 17.4. The summed E-state index contributed by atoms with van der Waals surface area (Å²) in [7, 11) is 3.56. The molecule has 2 aliphatic carbocycles. The van der Waals surface area contributed by atoms with Crippen molar-refractivity contribution < 1.29 is 9.84 Å². The molecule has 0 amide bonds. The smallest absolute Gasteiger partial charge is 0.164 e. The Morgan fingerprint density at radius 2 is 2.06 bits per heavy atom. The van der Waals surface area contributed by atoms with Crippen LogP contribution in [-0.2, 0) is 11.8 Å². The number of anilines is 1. The number of aryl methyl sites for hydroxylation is 1. The minimum atomic E-state index is -0.561. The molecular weight excluding hydrogens is 452 g/mol. The molecular formula is C28H30N6O2. The second kappa shape index (κ2) is 9.59. The van der Waals surface area contributed by atoms with E-state index in [2.05, 4.69) is 27.6 Å². The summed E-state index contributed by atoms with van der Waals surface area (Å²) in [5.41, 5.74) is 6.44. The minimum Gasteiger partial charge on any atom is -0.500 e. The molecule has 8 heteroatoms. The summed E-state index contributed by atoms with van der Waals surface area (Å²) in [5, 5.41) is 31.7. The Bertz CT molecular complexity index is 1410. The van der Waals surface area contributed by atoms with Gasteiger partial charge in [0.1, 0.15) is 17.9 Å². The Morgan fingerprint density at radius 3 is 2.69 bits per heavy atom. The van der Waals surface area contributed by atoms with Crippen molar-refractivity contribution in [2.75, 3.05) is 19.0 Å². The number of nitriles is 1. The molecule has 0 bridgehead atoms. The van der Waals surface area contributed by atoms with E-state index in [-0.39, 0.29) is 5.92 Å². The largest absolute Gasteiger partial charge is 0.500 e. The van der Waals surface area contributed by atoms with Crippen LogP contribution in [0.5, 0.6) is 0 Å². The van der Waals surface area contributed by atoms with Gasteiger partial charge in [-0.05, 0) is 72.4 Å². The summed E-state index contributed by atoms with van der Waals surface area (Å²) < 4.78 is 7.38. The zero-order valence-electron chi connectivity index (χ0n) is 21.0. The van der Waals surface area contributed by atoms with E-state index in [4.69, 9.17) is 9.72 Å². The van der Waals surface area contributed by atoms with Crippen LogP contribution < -0.4 is 5.32 Å². The number of pyridine rings is 1. The van der Waals surface area contributed by atoms with Crippen LogP contribution in [0.3, 0.4) is 0 Å². The van der Waals surface area contributed by atoms with Gasteiger partial charge in [0.15, 0.2) is 5.82 Å². The maximum absolute atomic E-state index is 10.4. The maximum Gasteiger partial charge on any atom is 0.164 e. The van der Waals surface area contributed by atoms with Gasteiger partial charge in [-0.25, -0.2) is 4.98 Å². The van der Waals surface area contributed by atoms with Crippen molar-refractivity contribution in [1.82, 2.24) is 19.7 Å². The van der Waals surface area contributed by atoms with Gasteiger partial charge >= 0.3 is 0 Å². The zero-order chi connectivity index (χ0) is 25.4. The Hall–Kier alpha value is -3.96. The predicted molar refractivity (Wildman–Crippen MR) is 138 cm³/mol. The normalized spacial score (nSPS) is 18.1. The minimum absolute atomic E-state index is 0.0423. The second-order valence-electron chi connectivity index (χ2n) is 9.56. The molecule has 1 aromatic carbocycles. The number of benzene rings is 1. The summed E-state index contributed by atoms with van der Waals surface area (Å²) in [5.74, 6) is 2.83. The van der Waals surface area contributed by atoms with Gasteiger partial charge in [-0.2, -0.15) is 5.26 Å². The van der Waals surface area contributed by atoms with Crippen LogP contribution >= 0.6 is 0 Å². The zero-order valence-corrected chi connectivity index (χ0v) is 21.0.